The maximum absolute atomic E-state index is 10.1. The van der Waals surface area contributed by atoms with Gasteiger partial charge in [-0.05, 0) is 12.5 Å². The molecule has 0 aromatic heterocycles. The minimum atomic E-state index is -1.38. The molecular weight excluding hydrogens is 138 g/mol. The van der Waals surface area contributed by atoms with Crippen molar-refractivity contribution in [3.8, 4) is 0 Å². The quantitative estimate of drug-likeness (QED) is 0.334. The number of carbonyl (C=O) groups is 1. The second kappa shape index (κ2) is 3.71. The monoisotopic (exact) mass is 145 g/mol. The van der Waals surface area contributed by atoms with Crippen LogP contribution in [0.4, 0.5) is 0 Å². The van der Waals surface area contributed by atoms with Gasteiger partial charge < -0.3 is 10.2 Å². The summed E-state index contributed by atoms with van der Waals surface area (Å²) < 4.78 is 0. The Hall–Kier alpha value is -1.26. The molecule has 0 saturated heterocycles. The van der Waals surface area contributed by atoms with Crippen LogP contribution in [0.3, 0.4) is 0 Å². The summed E-state index contributed by atoms with van der Waals surface area (Å²) in [6, 6.07) is -1.38. The number of carboxylic acids is 1. The number of carboxylic acid groups (broad SMARTS) is 1. The topological polar surface area (TPSA) is 106 Å². The molecular formula is C4H7N3O3. The van der Waals surface area contributed by atoms with E-state index in [1.165, 1.54) is 6.92 Å². The molecule has 6 nitrogen and oxygen atoms in total. The Bertz CT molecular complexity index is 171. The summed E-state index contributed by atoms with van der Waals surface area (Å²) in [7, 11) is 0. The Labute approximate surface area is 56.7 Å². The highest BCUT2D eigenvalue weighted by molar-refractivity contribution is 5.74. The van der Waals surface area contributed by atoms with E-state index in [2.05, 4.69) is 10.0 Å². The fourth-order valence-electron chi connectivity index (χ4n) is 0.408. The molecule has 0 aliphatic carbocycles. The van der Waals surface area contributed by atoms with Gasteiger partial charge in [0.05, 0.1) is 6.10 Å². The van der Waals surface area contributed by atoms with Crippen LogP contribution in [0.2, 0.25) is 0 Å². The molecule has 0 aromatic rings. The predicted molar refractivity (Wildman–Crippen MR) is 32.3 cm³/mol. The number of azide groups is 1. The molecule has 0 fully saturated rings. The Morgan fingerprint density at radius 1 is 1.80 bits per heavy atom. The first kappa shape index (κ1) is 8.74. The predicted octanol–water partition coefficient (Wildman–Crippen LogP) is 0.131. The zero-order valence-electron chi connectivity index (χ0n) is 5.30. The van der Waals surface area contributed by atoms with Crippen LogP contribution in [-0.2, 0) is 4.79 Å². The Morgan fingerprint density at radius 2 is 2.30 bits per heavy atom. The van der Waals surface area contributed by atoms with Crippen LogP contribution in [0.5, 0.6) is 0 Å². The summed E-state index contributed by atoms with van der Waals surface area (Å²) >= 11 is 0. The molecule has 0 spiro atoms. The van der Waals surface area contributed by atoms with E-state index in [1.54, 1.807) is 0 Å². The fourth-order valence-corrected chi connectivity index (χ4v) is 0.408. The Balaban J connectivity index is 4.26. The van der Waals surface area contributed by atoms with Gasteiger partial charge in [-0.15, -0.1) is 0 Å². The van der Waals surface area contributed by atoms with Crippen LogP contribution in [0, 0.1) is 0 Å². The molecule has 0 radical (unpaired) electrons. The largest absolute Gasteiger partial charge is 0.481 e. The highest BCUT2D eigenvalue weighted by Gasteiger charge is 2.20. The van der Waals surface area contributed by atoms with Gasteiger partial charge in [0.25, 0.3) is 0 Å². The minimum absolute atomic E-state index is 1.16. The number of aliphatic hydroxyl groups is 1. The first-order valence-electron chi connectivity index (χ1n) is 2.54. The van der Waals surface area contributed by atoms with E-state index in [4.69, 9.17) is 15.7 Å². The average Bonchev–Trinajstić information content (AvgIpc) is 1.81. The van der Waals surface area contributed by atoms with Crippen LogP contribution in [0.15, 0.2) is 5.11 Å². The van der Waals surface area contributed by atoms with E-state index < -0.39 is 18.1 Å². The number of nitrogens with zero attached hydrogens (tertiary/aromatic N) is 3. The van der Waals surface area contributed by atoms with Gasteiger partial charge in [-0.25, -0.2) is 0 Å². The van der Waals surface area contributed by atoms with E-state index in [0.29, 0.717) is 0 Å². The second-order valence-electron chi connectivity index (χ2n) is 1.73. The lowest BCUT2D eigenvalue weighted by Gasteiger charge is -2.06. The molecule has 0 aliphatic rings. The molecule has 0 bridgehead atoms. The molecule has 2 atom stereocenters. The van der Waals surface area contributed by atoms with Crippen molar-refractivity contribution < 1.29 is 15.0 Å². The zero-order chi connectivity index (χ0) is 8.15. The lowest BCUT2D eigenvalue weighted by Crippen LogP contribution is -2.29. The maximum Gasteiger partial charge on any atom is 0.315 e. The normalized spacial score (nSPS) is 15.0. The highest BCUT2D eigenvalue weighted by atomic mass is 16.4. The Kier molecular flexibility index (Phi) is 3.24. The zero-order valence-corrected chi connectivity index (χ0v) is 5.30. The molecule has 0 aliphatic heterocycles. The van der Waals surface area contributed by atoms with E-state index in [9.17, 15) is 4.79 Å². The number of aliphatic carboxylic acids is 1. The van der Waals surface area contributed by atoms with Crippen molar-refractivity contribution in [3.63, 3.8) is 0 Å². The summed E-state index contributed by atoms with van der Waals surface area (Å²) in [4.78, 5) is 12.4. The minimum Gasteiger partial charge on any atom is -0.481 e. The highest BCUT2D eigenvalue weighted by Crippen LogP contribution is 1.98. The van der Waals surface area contributed by atoms with Crippen molar-refractivity contribution in [1.29, 1.82) is 0 Å². The fraction of sp³-hybridized carbons (Fsp3) is 0.750. The molecule has 0 rings (SSSR count). The molecule has 56 valence electrons. The van der Waals surface area contributed by atoms with Gasteiger partial charge in [-0.3, -0.25) is 4.79 Å². The lowest BCUT2D eigenvalue weighted by molar-refractivity contribution is -0.140. The van der Waals surface area contributed by atoms with E-state index in [-0.39, 0.29) is 0 Å². The third kappa shape index (κ3) is 2.34. The number of rotatable bonds is 3. The molecule has 0 amide bonds. The maximum atomic E-state index is 10.1. The summed E-state index contributed by atoms with van der Waals surface area (Å²) in [5.41, 5.74) is 7.82. The van der Waals surface area contributed by atoms with Crippen LogP contribution >= 0.6 is 0 Å². The molecule has 6 heteroatoms. The summed E-state index contributed by atoms with van der Waals surface area (Å²) in [6.07, 6.45) is -1.16. The summed E-state index contributed by atoms with van der Waals surface area (Å²) in [5.74, 6) is -1.33. The van der Waals surface area contributed by atoms with Crippen LogP contribution in [0.1, 0.15) is 6.92 Å². The van der Waals surface area contributed by atoms with Crippen molar-refractivity contribution in [2.75, 3.05) is 0 Å². The van der Waals surface area contributed by atoms with Crippen molar-refractivity contribution >= 4 is 5.97 Å². The number of hydrogen-bond donors (Lipinski definition) is 2. The van der Waals surface area contributed by atoms with Crippen LogP contribution in [0.25, 0.3) is 10.4 Å². The van der Waals surface area contributed by atoms with Gasteiger partial charge >= 0.3 is 5.97 Å². The van der Waals surface area contributed by atoms with Gasteiger partial charge in [0.15, 0.2) is 6.04 Å². The summed E-state index contributed by atoms with van der Waals surface area (Å²) in [5, 5.41) is 19.8. The van der Waals surface area contributed by atoms with E-state index in [1.807, 2.05) is 0 Å². The van der Waals surface area contributed by atoms with Crippen molar-refractivity contribution in [1.82, 2.24) is 0 Å². The van der Waals surface area contributed by atoms with Gasteiger partial charge in [0, 0.05) is 4.91 Å². The van der Waals surface area contributed by atoms with Gasteiger partial charge in [-0.2, -0.15) is 0 Å². The molecule has 10 heavy (non-hydrogen) atoms. The number of hydrogen-bond acceptors (Lipinski definition) is 3. The third-order valence-electron chi connectivity index (χ3n) is 0.886. The standard InChI is InChI=1S/C4H7N3O3/c1-2(8)3(4(9)10)6-7-5/h2-3,8H,1H3,(H,9,10)/t2-,3+/m0/s1. The molecule has 0 unspecified atom stereocenters. The summed E-state index contributed by atoms with van der Waals surface area (Å²) in [6.45, 7) is 1.24. The average molecular weight is 145 g/mol. The SMILES string of the molecule is C[C@H](O)[C@@H](N=[N+]=[N-])C(=O)O. The van der Waals surface area contributed by atoms with Gasteiger partial charge in [0.1, 0.15) is 0 Å². The smallest absolute Gasteiger partial charge is 0.315 e. The van der Waals surface area contributed by atoms with Crippen LogP contribution in [-0.4, -0.2) is 28.3 Å². The number of aliphatic hydroxyl groups excluding tert-OH is 1. The van der Waals surface area contributed by atoms with Crippen molar-refractivity contribution in [3.05, 3.63) is 10.4 Å². The van der Waals surface area contributed by atoms with Crippen molar-refractivity contribution in [2.24, 2.45) is 5.11 Å². The van der Waals surface area contributed by atoms with Crippen LogP contribution < -0.4 is 0 Å². The first-order chi connectivity index (χ1) is 4.59. The van der Waals surface area contributed by atoms with Gasteiger partial charge in [-0.1, -0.05) is 5.11 Å². The van der Waals surface area contributed by atoms with Crippen molar-refractivity contribution in [2.45, 2.75) is 19.1 Å². The molecule has 2 N–H and O–H groups in total. The molecule has 0 aromatic carbocycles. The lowest BCUT2D eigenvalue weighted by atomic mass is 10.2. The van der Waals surface area contributed by atoms with E-state index in [0.717, 1.165) is 0 Å². The van der Waals surface area contributed by atoms with Gasteiger partial charge in [0.2, 0.25) is 0 Å². The molecule has 0 heterocycles. The first-order valence-corrected chi connectivity index (χ1v) is 2.54. The van der Waals surface area contributed by atoms with E-state index >= 15 is 0 Å². The second-order valence-corrected chi connectivity index (χ2v) is 1.73. The molecule has 0 saturated carbocycles. The third-order valence-corrected chi connectivity index (χ3v) is 0.886. The Morgan fingerprint density at radius 3 is 2.40 bits per heavy atom.